The van der Waals surface area contributed by atoms with Gasteiger partial charge in [-0.3, -0.25) is 9.59 Å². The Bertz CT molecular complexity index is 1010. The molecule has 1 heterocycles. The number of ether oxygens (including phenoxy) is 1. The summed E-state index contributed by atoms with van der Waals surface area (Å²) < 4.78 is 6.60. The molecule has 0 aromatic heterocycles. The first-order valence-corrected chi connectivity index (χ1v) is 12.1. The van der Waals surface area contributed by atoms with Gasteiger partial charge in [0.15, 0.2) is 0 Å². The highest BCUT2D eigenvalue weighted by atomic mass is 79.9. The molecule has 1 amide bonds. The lowest BCUT2D eigenvalue weighted by atomic mass is 9.95. The van der Waals surface area contributed by atoms with E-state index in [-0.39, 0.29) is 17.4 Å². The van der Waals surface area contributed by atoms with Gasteiger partial charge in [0.1, 0.15) is 11.5 Å². The van der Waals surface area contributed by atoms with E-state index in [1.54, 1.807) is 29.2 Å². The maximum Gasteiger partial charge on any atom is 0.295 e. The summed E-state index contributed by atoms with van der Waals surface area (Å²) in [5, 5.41) is 11.1. The van der Waals surface area contributed by atoms with Crippen LogP contribution in [-0.4, -0.2) is 58.9 Å². The van der Waals surface area contributed by atoms with Crippen molar-refractivity contribution in [1.29, 1.82) is 0 Å². The molecule has 2 aromatic carbocycles. The summed E-state index contributed by atoms with van der Waals surface area (Å²) >= 11 is 3.39. The Kier molecular flexibility index (Phi) is 8.32. The molecule has 0 spiro atoms. The molecular weight excluding hydrogens is 484 g/mol. The molecule has 1 fully saturated rings. The van der Waals surface area contributed by atoms with Crippen molar-refractivity contribution in [3.05, 3.63) is 69.7 Å². The fourth-order valence-corrected chi connectivity index (χ4v) is 4.27. The van der Waals surface area contributed by atoms with Gasteiger partial charge in [-0.15, -0.1) is 0 Å². The number of hydrogen-bond donors (Lipinski definition) is 1. The summed E-state index contributed by atoms with van der Waals surface area (Å²) in [4.78, 5) is 30.0. The van der Waals surface area contributed by atoms with E-state index in [1.165, 1.54) is 0 Å². The van der Waals surface area contributed by atoms with Crippen LogP contribution in [-0.2, 0) is 9.59 Å². The predicted molar refractivity (Wildman–Crippen MR) is 133 cm³/mol. The van der Waals surface area contributed by atoms with Crippen molar-refractivity contribution in [2.75, 3.05) is 26.2 Å². The second-order valence-electron chi connectivity index (χ2n) is 8.26. The number of benzene rings is 2. The molecule has 1 atom stereocenters. The van der Waals surface area contributed by atoms with Crippen LogP contribution in [0.2, 0.25) is 0 Å². The first-order valence-electron chi connectivity index (χ1n) is 11.3. The topological polar surface area (TPSA) is 70.1 Å². The van der Waals surface area contributed by atoms with E-state index >= 15 is 0 Å². The second-order valence-corrected chi connectivity index (χ2v) is 9.18. The van der Waals surface area contributed by atoms with E-state index in [2.05, 4.69) is 34.7 Å². The summed E-state index contributed by atoms with van der Waals surface area (Å²) in [5.41, 5.74) is 1.35. The number of carbonyl (C=O) groups excluding carboxylic acids is 2. The third-order valence-corrected chi connectivity index (χ3v) is 6.31. The van der Waals surface area contributed by atoms with Crippen LogP contribution in [0.25, 0.3) is 5.76 Å². The van der Waals surface area contributed by atoms with Crippen LogP contribution in [0.4, 0.5) is 0 Å². The van der Waals surface area contributed by atoms with Crippen LogP contribution in [0.5, 0.6) is 5.75 Å². The predicted octanol–water partition coefficient (Wildman–Crippen LogP) is 5.00. The van der Waals surface area contributed by atoms with Crippen molar-refractivity contribution in [3.8, 4) is 5.75 Å². The number of rotatable bonds is 9. The van der Waals surface area contributed by atoms with E-state index in [9.17, 15) is 14.7 Å². The minimum absolute atomic E-state index is 0.0351. The minimum Gasteiger partial charge on any atom is -0.507 e. The number of ketones is 1. The monoisotopic (exact) mass is 514 g/mol. The molecule has 0 radical (unpaired) electrons. The minimum atomic E-state index is -0.669. The van der Waals surface area contributed by atoms with Crippen LogP contribution in [0.15, 0.2) is 58.6 Å². The highest BCUT2D eigenvalue weighted by Gasteiger charge is 2.45. The van der Waals surface area contributed by atoms with Crippen molar-refractivity contribution in [2.45, 2.75) is 39.8 Å². The molecule has 1 saturated heterocycles. The zero-order valence-electron chi connectivity index (χ0n) is 19.5. The lowest BCUT2D eigenvalue weighted by Crippen LogP contribution is -2.38. The number of aliphatic hydroxyl groups is 1. The normalized spacial score (nSPS) is 17.9. The average Bonchev–Trinajstić information content (AvgIpc) is 3.05. The summed E-state index contributed by atoms with van der Waals surface area (Å²) in [6.07, 6.45) is 0.0351. The number of carbonyl (C=O) groups is 2. The smallest absolute Gasteiger partial charge is 0.295 e. The third-order valence-electron chi connectivity index (χ3n) is 5.78. The molecular formula is C26H31BrN2O4. The molecule has 7 heteroatoms. The van der Waals surface area contributed by atoms with Crippen molar-refractivity contribution in [1.82, 2.24) is 9.80 Å². The van der Waals surface area contributed by atoms with Gasteiger partial charge in [-0.05, 0) is 56.8 Å². The summed E-state index contributed by atoms with van der Waals surface area (Å²) in [6, 6.07) is 13.7. The molecule has 2 aromatic rings. The number of likely N-dealkylation sites (N-methyl/N-ethyl adjacent to an activating group) is 1. The van der Waals surface area contributed by atoms with Gasteiger partial charge in [-0.25, -0.2) is 0 Å². The number of nitrogens with zero attached hydrogens (tertiary/aromatic N) is 2. The maximum absolute atomic E-state index is 13.1. The molecule has 33 heavy (non-hydrogen) atoms. The van der Waals surface area contributed by atoms with Gasteiger partial charge < -0.3 is 19.6 Å². The highest BCUT2D eigenvalue weighted by Crippen LogP contribution is 2.39. The number of halogens is 1. The Balaban J connectivity index is 2.06. The summed E-state index contributed by atoms with van der Waals surface area (Å²) in [5.74, 6) is -0.712. The number of likely N-dealkylation sites (tertiary alicyclic amines) is 1. The van der Waals surface area contributed by atoms with Gasteiger partial charge in [0.2, 0.25) is 0 Å². The Morgan fingerprint density at radius 1 is 1.06 bits per heavy atom. The quantitative estimate of drug-likeness (QED) is 0.289. The molecule has 176 valence electrons. The second kappa shape index (κ2) is 11.0. The summed E-state index contributed by atoms with van der Waals surface area (Å²) in [7, 11) is 0. The van der Waals surface area contributed by atoms with Gasteiger partial charge in [0.05, 0.1) is 17.7 Å². The van der Waals surface area contributed by atoms with E-state index in [4.69, 9.17) is 4.74 Å². The van der Waals surface area contributed by atoms with E-state index in [0.717, 1.165) is 23.1 Å². The zero-order valence-corrected chi connectivity index (χ0v) is 21.1. The number of hydrogen-bond acceptors (Lipinski definition) is 5. The Hall–Kier alpha value is -2.64. The van der Waals surface area contributed by atoms with Gasteiger partial charge in [-0.1, -0.05) is 54.0 Å². The highest BCUT2D eigenvalue weighted by molar-refractivity contribution is 9.10. The molecule has 0 saturated carbocycles. The SMILES string of the molecule is CCN(CC)CCN1C(=O)C(=O)/C(=C(/O)c2ccc(Br)cc2)[C@H]1c1ccc(OC(C)C)cc1. The van der Waals surface area contributed by atoms with Gasteiger partial charge in [0, 0.05) is 23.1 Å². The van der Waals surface area contributed by atoms with Crippen molar-refractivity contribution < 1.29 is 19.4 Å². The lowest BCUT2D eigenvalue weighted by molar-refractivity contribution is -0.140. The molecule has 1 aliphatic rings. The van der Waals surface area contributed by atoms with Gasteiger partial charge in [-0.2, -0.15) is 0 Å². The molecule has 6 nitrogen and oxygen atoms in total. The fourth-order valence-electron chi connectivity index (χ4n) is 4.01. The molecule has 3 rings (SSSR count). The third kappa shape index (κ3) is 5.65. The number of amides is 1. The Labute approximate surface area is 204 Å². The van der Waals surface area contributed by atoms with Crippen molar-refractivity contribution in [2.24, 2.45) is 0 Å². The number of aliphatic hydroxyl groups excluding tert-OH is 1. The van der Waals surface area contributed by atoms with Crippen LogP contribution < -0.4 is 4.74 Å². The van der Waals surface area contributed by atoms with Gasteiger partial charge >= 0.3 is 0 Å². The van der Waals surface area contributed by atoms with Crippen molar-refractivity contribution in [3.63, 3.8) is 0 Å². The van der Waals surface area contributed by atoms with Gasteiger partial charge in [0.25, 0.3) is 11.7 Å². The van der Waals surface area contributed by atoms with Crippen LogP contribution in [0.1, 0.15) is 44.9 Å². The average molecular weight is 515 g/mol. The molecule has 0 unspecified atom stereocenters. The van der Waals surface area contributed by atoms with E-state index < -0.39 is 17.7 Å². The molecule has 0 aliphatic carbocycles. The summed E-state index contributed by atoms with van der Waals surface area (Å²) in [6.45, 7) is 10.8. The first kappa shape index (κ1) is 25.0. The van der Waals surface area contributed by atoms with Crippen LogP contribution >= 0.6 is 15.9 Å². The molecule has 1 aliphatic heterocycles. The largest absolute Gasteiger partial charge is 0.507 e. The number of Topliss-reactive ketones (excluding diaryl/α,β-unsaturated/α-hetero) is 1. The molecule has 1 N–H and O–H groups in total. The first-order chi connectivity index (χ1) is 15.8. The van der Waals surface area contributed by atoms with Crippen molar-refractivity contribution >= 4 is 33.4 Å². The van der Waals surface area contributed by atoms with E-state index in [1.807, 2.05) is 38.1 Å². The van der Waals surface area contributed by atoms with Crippen LogP contribution in [0, 0.1) is 0 Å². The standard InChI is InChI=1S/C26H31BrN2O4/c1-5-28(6-2)15-16-29-23(18-9-13-21(14-10-18)33-17(3)4)22(25(31)26(29)32)24(30)19-7-11-20(27)12-8-19/h7-14,17,23,30H,5-6,15-16H2,1-4H3/b24-22+/t23-/m1/s1. The Morgan fingerprint density at radius 2 is 1.67 bits per heavy atom. The zero-order chi connectivity index (χ0) is 24.1. The Morgan fingerprint density at radius 3 is 2.21 bits per heavy atom. The lowest BCUT2D eigenvalue weighted by Gasteiger charge is -2.28. The van der Waals surface area contributed by atoms with Crippen LogP contribution in [0.3, 0.4) is 0 Å². The fraction of sp³-hybridized carbons (Fsp3) is 0.385. The van der Waals surface area contributed by atoms with E-state index in [0.29, 0.717) is 24.4 Å². The molecule has 0 bridgehead atoms. The maximum atomic E-state index is 13.1.